The van der Waals surface area contributed by atoms with Gasteiger partial charge in [-0.15, -0.1) is 0 Å². The van der Waals surface area contributed by atoms with Crippen LogP contribution in [0.5, 0.6) is 5.75 Å². The third-order valence-corrected chi connectivity index (χ3v) is 3.41. The number of para-hydroxylation sites is 1. The van der Waals surface area contributed by atoms with Crippen molar-refractivity contribution in [3.63, 3.8) is 0 Å². The van der Waals surface area contributed by atoms with Crippen molar-refractivity contribution in [3.8, 4) is 5.75 Å². The topological polar surface area (TPSA) is 59.1 Å². The number of benzene rings is 2. The fourth-order valence-corrected chi connectivity index (χ4v) is 2.37. The molecular formula is C17H16N2O. The number of allylic oxidation sites excluding steroid dienone is 1. The summed E-state index contributed by atoms with van der Waals surface area (Å²) in [4.78, 5) is 0. The minimum atomic E-state index is 0.380. The molecule has 3 rings (SSSR count). The average Bonchev–Trinajstić information content (AvgIpc) is 2.96. The van der Waals surface area contributed by atoms with E-state index in [0.717, 1.165) is 23.3 Å². The van der Waals surface area contributed by atoms with Gasteiger partial charge in [0.2, 0.25) is 0 Å². The Labute approximate surface area is 118 Å². The summed E-state index contributed by atoms with van der Waals surface area (Å²) in [6, 6.07) is 15.6. The highest BCUT2D eigenvalue weighted by atomic mass is 16.5. The van der Waals surface area contributed by atoms with Crippen molar-refractivity contribution >= 4 is 11.4 Å². The first-order valence-electron chi connectivity index (χ1n) is 6.62. The lowest BCUT2D eigenvalue weighted by atomic mass is 10.0. The predicted molar refractivity (Wildman–Crippen MR) is 81.1 cm³/mol. The van der Waals surface area contributed by atoms with Gasteiger partial charge in [-0.25, -0.2) is 0 Å². The van der Waals surface area contributed by atoms with Gasteiger partial charge in [0.15, 0.2) is 0 Å². The van der Waals surface area contributed by atoms with Crippen molar-refractivity contribution in [1.29, 1.82) is 5.41 Å². The van der Waals surface area contributed by atoms with E-state index in [2.05, 4.69) is 0 Å². The Morgan fingerprint density at radius 1 is 1.10 bits per heavy atom. The molecule has 1 heterocycles. The molecule has 0 saturated heterocycles. The molecule has 1 aliphatic heterocycles. The molecule has 0 saturated carbocycles. The van der Waals surface area contributed by atoms with Crippen LogP contribution in [0.2, 0.25) is 0 Å². The second kappa shape index (κ2) is 5.21. The zero-order chi connectivity index (χ0) is 13.9. The summed E-state index contributed by atoms with van der Waals surface area (Å²) in [6.45, 7) is 0.692. The number of hydrogen-bond donors (Lipinski definition) is 2. The standard InChI is InChI=1S/C17H16N2O/c18-15(12-5-2-1-3-6-12)11-16(19)14-8-4-7-13-9-10-20-17(13)14/h1-8,11,19H,9-10,18H2. The maximum Gasteiger partial charge on any atom is 0.131 e. The fourth-order valence-electron chi connectivity index (χ4n) is 2.37. The van der Waals surface area contributed by atoms with Crippen molar-refractivity contribution < 1.29 is 4.74 Å². The van der Waals surface area contributed by atoms with Crippen LogP contribution in [0.1, 0.15) is 16.7 Å². The van der Waals surface area contributed by atoms with Gasteiger partial charge in [-0.3, -0.25) is 0 Å². The first-order valence-corrected chi connectivity index (χ1v) is 6.62. The quantitative estimate of drug-likeness (QED) is 0.837. The van der Waals surface area contributed by atoms with E-state index in [1.165, 1.54) is 5.56 Å². The van der Waals surface area contributed by atoms with Crippen molar-refractivity contribution in [2.75, 3.05) is 6.61 Å². The molecule has 0 unspecified atom stereocenters. The van der Waals surface area contributed by atoms with E-state index in [0.29, 0.717) is 18.0 Å². The van der Waals surface area contributed by atoms with Gasteiger partial charge in [-0.1, -0.05) is 42.5 Å². The van der Waals surface area contributed by atoms with E-state index in [-0.39, 0.29) is 0 Å². The number of nitrogens with two attached hydrogens (primary N) is 1. The molecule has 0 aromatic heterocycles. The van der Waals surface area contributed by atoms with Gasteiger partial charge in [0.1, 0.15) is 5.75 Å². The third kappa shape index (κ3) is 2.30. The summed E-state index contributed by atoms with van der Waals surface area (Å²) >= 11 is 0. The molecule has 3 nitrogen and oxygen atoms in total. The summed E-state index contributed by atoms with van der Waals surface area (Å²) < 4.78 is 5.63. The molecule has 0 bridgehead atoms. The largest absolute Gasteiger partial charge is 0.492 e. The summed E-state index contributed by atoms with van der Waals surface area (Å²) in [5, 5.41) is 8.24. The maximum absolute atomic E-state index is 8.24. The molecule has 100 valence electrons. The maximum atomic E-state index is 8.24. The summed E-state index contributed by atoms with van der Waals surface area (Å²) in [5.41, 5.74) is 9.92. The minimum Gasteiger partial charge on any atom is -0.492 e. The molecule has 20 heavy (non-hydrogen) atoms. The van der Waals surface area contributed by atoms with Crippen LogP contribution in [0, 0.1) is 5.41 Å². The first kappa shape index (κ1) is 12.5. The van der Waals surface area contributed by atoms with Gasteiger partial charge >= 0.3 is 0 Å². The number of hydrogen-bond acceptors (Lipinski definition) is 3. The van der Waals surface area contributed by atoms with E-state index in [1.54, 1.807) is 6.08 Å². The highest BCUT2D eigenvalue weighted by Crippen LogP contribution is 2.30. The van der Waals surface area contributed by atoms with Gasteiger partial charge in [-0.05, 0) is 23.3 Å². The van der Waals surface area contributed by atoms with Gasteiger partial charge in [0.05, 0.1) is 12.3 Å². The summed E-state index contributed by atoms with van der Waals surface area (Å²) in [5.74, 6) is 0.828. The number of rotatable bonds is 3. The number of ether oxygens (including phenoxy) is 1. The molecule has 0 atom stereocenters. The van der Waals surface area contributed by atoms with Crippen LogP contribution >= 0.6 is 0 Å². The Morgan fingerprint density at radius 2 is 1.90 bits per heavy atom. The predicted octanol–water partition coefficient (Wildman–Crippen LogP) is 2.99. The van der Waals surface area contributed by atoms with E-state index in [9.17, 15) is 0 Å². The van der Waals surface area contributed by atoms with Crippen LogP contribution in [0.25, 0.3) is 5.70 Å². The lowest BCUT2D eigenvalue weighted by Crippen LogP contribution is -2.04. The highest BCUT2D eigenvalue weighted by molar-refractivity contribution is 6.11. The van der Waals surface area contributed by atoms with E-state index < -0.39 is 0 Å². The second-order valence-corrected chi connectivity index (χ2v) is 4.77. The molecule has 0 fully saturated rings. The van der Waals surface area contributed by atoms with Crippen LogP contribution in [-0.2, 0) is 6.42 Å². The van der Waals surface area contributed by atoms with E-state index in [4.69, 9.17) is 15.9 Å². The smallest absolute Gasteiger partial charge is 0.131 e. The van der Waals surface area contributed by atoms with E-state index >= 15 is 0 Å². The van der Waals surface area contributed by atoms with Crippen LogP contribution < -0.4 is 10.5 Å². The lowest BCUT2D eigenvalue weighted by Gasteiger charge is -2.08. The van der Waals surface area contributed by atoms with Crippen molar-refractivity contribution in [2.24, 2.45) is 5.73 Å². The summed E-state index contributed by atoms with van der Waals surface area (Å²) in [7, 11) is 0. The SMILES string of the molecule is N=C(C=C(N)c1ccccc1)c1cccc2c1OCC2. The fraction of sp³-hybridized carbons (Fsp3) is 0.118. The van der Waals surface area contributed by atoms with Crippen LogP contribution in [0.15, 0.2) is 54.6 Å². The zero-order valence-corrected chi connectivity index (χ0v) is 11.1. The Morgan fingerprint density at radius 3 is 2.70 bits per heavy atom. The van der Waals surface area contributed by atoms with Crippen molar-refractivity contribution in [1.82, 2.24) is 0 Å². The van der Waals surface area contributed by atoms with E-state index in [1.807, 2.05) is 48.5 Å². The van der Waals surface area contributed by atoms with Crippen LogP contribution in [-0.4, -0.2) is 12.3 Å². The second-order valence-electron chi connectivity index (χ2n) is 4.77. The molecule has 0 aliphatic carbocycles. The Balaban J connectivity index is 1.93. The molecule has 3 N–H and O–H groups in total. The molecular weight excluding hydrogens is 248 g/mol. The first-order chi connectivity index (χ1) is 9.75. The molecule has 0 amide bonds. The number of fused-ring (bicyclic) bond motifs is 1. The van der Waals surface area contributed by atoms with Gasteiger partial charge < -0.3 is 15.9 Å². The Hall–Kier alpha value is -2.55. The molecule has 2 aromatic carbocycles. The molecule has 2 aromatic rings. The lowest BCUT2D eigenvalue weighted by molar-refractivity contribution is 0.356. The zero-order valence-electron chi connectivity index (χ0n) is 11.1. The Bertz CT molecular complexity index is 675. The minimum absolute atomic E-state index is 0.380. The monoisotopic (exact) mass is 264 g/mol. The molecule has 0 radical (unpaired) electrons. The van der Waals surface area contributed by atoms with Crippen LogP contribution in [0.4, 0.5) is 0 Å². The number of nitrogens with one attached hydrogen (secondary N) is 1. The molecule has 0 spiro atoms. The van der Waals surface area contributed by atoms with Crippen molar-refractivity contribution in [3.05, 3.63) is 71.3 Å². The average molecular weight is 264 g/mol. The summed E-state index contributed by atoms with van der Waals surface area (Å²) in [6.07, 6.45) is 2.60. The molecule has 1 aliphatic rings. The third-order valence-electron chi connectivity index (χ3n) is 3.41. The van der Waals surface area contributed by atoms with Crippen LogP contribution in [0.3, 0.4) is 0 Å². The van der Waals surface area contributed by atoms with Gasteiger partial charge in [0.25, 0.3) is 0 Å². The van der Waals surface area contributed by atoms with Gasteiger partial charge in [0, 0.05) is 17.7 Å². The molecule has 3 heteroatoms. The van der Waals surface area contributed by atoms with Crippen molar-refractivity contribution in [2.45, 2.75) is 6.42 Å². The Kier molecular flexibility index (Phi) is 3.25. The normalized spacial score (nSPS) is 13.7. The highest BCUT2D eigenvalue weighted by Gasteiger charge is 2.17. The van der Waals surface area contributed by atoms with Gasteiger partial charge in [-0.2, -0.15) is 0 Å².